The normalized spacial score (nSPS) is 12.3. The van der Waals surface area contributed by atoms with Gasteiger partial charge < -0.3 is 19.9 Å². The second-order valence-corrected chi connectivity index (χ2v) is 7.29. The van der Waals surface area contributed by atoms with Crippen molar-refractivity contribution in [2.24, 2.45) is 7.05 Å². The van der Waals surface area contributed by atoms with E-state index in [0.717, 1.165) is 12.3 Å². The molecule has 0 bridgehead atoms. The lowest BCUT2D eigenvalue weighted by atomic mass is 10.0. The third kappa shape index (κ3) is 3.60. The number of halogens is 2. The molecule has 8 nitrogen and oxygen atoms in total. The van der Waals surface area contributed by atoms with Crippen LogP contribution >= 0.6 is 0 Å². The number of aromatic nitrogens is 3. The molecule has 3 aromatic heterocycles. The molecule has 164 valence electrons. The number of aliphatic hydroxyl groups excluding tert-OH is 2. The Hall–Kier alpha value is -4.05. The zero-order valence-corrected chi connectivity index (χ0v) is 17.1. The fourth-order valence-corrected chi connectivity index (χ4v) is 3.48. The molecule has 4 aromatic rings. The number of aliphatic hydroxyl groups is 2. The molecular formula is C22H18F2N4O4. The van der Waals surface area contributed by atoms with Crippen molar-refractivity contribution in [2.75, 3.05) is 5.32 Å². The number of aryl methyl sites for hydroxylation is 1. The Morgan fingerprint density at radius 3 is 2.56 bits per heavy atom. The van der Waals surface area contributed by atoms with Gasteiger partial charge in [-0.25, -0.2) is 8.78 Å². The molecule has 0 saturated carbocycles. The van der Waals surface area contributed by atoms with Gasteiger partial charge in [-0.15, -0.1) is 0 Å². The molecule has 10 heteroatoms. The highest BCUT2D eigenvalue weighted by Gasteiger charge is 2.20. The molecule has 0 radical (unpaired) electrons. The molecular weight excluding hydrogens is 422 g/mol. The molecule has 1 aromatic carbocycles. The molecule has 0 aliphatic carbocycles. The second-order valence-electron chi connectivity index (χ2n) is 7.29. The van der Waals surface area contributed by atoms with E-state index in [4.69, 9.17) is 0 Å². The third-order valence-corrected chi connectivity index (χ3v) is 5.02. The van der Waals surface area contributed by atoms with E-state index >= 15 is 4.39 Å². The fraction of sp³-hybridized carbons (Fsp3) is 0.136. The number of rotatable bonds is 4. The largest absolute Gasteiger partial charge is 0.510 e. The SMILES string of the molecule is C/C(O)=c1\cc(C(=O)Nc2cc(CO)cc(-c3cnn(C)c3)c2F)c2cc(=O)c(F)cn12. The highest BCUT2D eigenvalue weighted by molar-refractivity contribution is 6.09. The number of nitrogens with zero attached hydrogens (tertiary/aromatic N) is 3. The number of carbonyl (C=O) groups is 1. The summed E-state index contributed by atoms with van der Waals surface area (Å²) in [6.07, 6.45) is 3.91. The maximum Gasteiger partial charge on any atom is 0.257 e. The van der Waals surface area contributed by atoms with E-state index in [9.17, 15) is 24.2 Å². The summed E-state index contributed by atoms with van der Waals surface area (Å²) in [6.45, 7) is 0.949. The highest BCUT2D eigenvalue weighted by Crippen LogP contribution is 2.30. The van der Waals surface area contributed by atoms with Crippen LogP contribution in [0.15, 0.2) is 47.7 Å². The zero-order chi connectivity index (χ0) is 23.2. The summed E-state index contributed by atoms with van der Waals surface area (Å²) < 4.78 is 31.7. The van der Waals surface area contributed by atoms with E-state index in [0.29, 0.717) is 11.1 Å². The molecule has 32 heavy (non-hydrogen) atoms. The molecule has 0 aliphatic rings. The first-order valence-electron chi connectivity index (χ1n) is 9.47. The lowest BCUT2D eigenvalue weighted by Gasteiger charge is -2.11. The van der Waals surface area contributed by atoms with Crippen LogP contribution in [0.5, 0.6) is 0 Å². The first kappa shape index (κ1) is 21.2. The van der Waals surface area contributed by atoms with E-state index in [2.05, 4.69) is 10.4 Å². The van der Waals surface area contributed by atoms with Crippen molar-refractivity contribution in [1.29, 1.82) is 0 Å². The smallest absolute Gasteiger partial charge is 0.257 e. The standard InChI is InChI=1S/C22H18F2N4O4/c1-11(30)18-5-15(19-6-20(31)16(23)9-28(18)19)22(32)26-17-4-12(10-29)3-14(21(17)24)13-7-25-27(2)8-13/h3-9,29-30H,10H2,1-2H3,(H,26,32)/b18-11-. The number of hydrogen-bond donors (Lipinski definition) is 3. The van der Waals surface area contributed by atoms with Crippen LogP contribution in [-0.2, 0) is 13.7 Å². The lowest BCUT2D eigenvalue weighted by molar-refractivity contribution is 0.102. The van der Waals surface area contributed by atoms with Crippen LogP contribution in [0.3, 0.4) is 0 Å². The van der Waals surface area contributed by atoms with Gasteiger partial charge in [0.05, 0.1) is 34.9 Å². The van der Waals surface area contributed by atoms with Crippen LogP contribution in [0.4, 0.5) is 14.5 Å². The van der Waals surface area contributed by atoms with Crippen molar-refractivity contribution in [3.05, 3.63) is 81.2 Å². The minimum absolute atomic E-state index is 0.0449. The molecule has 1 amide bonds. The van der Waals surface area contributed by atoms with Gasteiger partial charge in [-0.2, -0.15) is 5.10 Å². The maximum atomic E-state index is 15.2. The van der Waals surface area contributed by atoms with Crippen molar-refractivity contribution in [3.8, 4) is 11.1 Å². The first-order chi connectivity index (χ1) is 15.2. The minimum Gasteiger partial charge on any atom is -0.510 e. The van der Waals surface area contributed by atoms with Gasteiger partial charge in [0, 0.05) is 36.6 Å². The van der Waals surface area contributed by atoms with E-state index in [1.54, 1.807) is 13.2 Å². The minimum atomic E-state index is -1.05. The Balaban J connectivity index is 1.83. The number of fused-ring (bicyclic) bond motifs is 1. The van der Waals surface area contributed by atoms with Crippen LogP contribution in [0.2, 0.25) is 0 Å². The summed E-state index contributed by atoms with van der Waals surface area (Å²) in [5.74, 6) is -2.78. The van der Waals surface area contributed by atoms with Crippen LogP contribution < -0.4 is 16.1 Å². The topological polar surface area (TPSA) is 109 Å². The Morgan fingerprint density at radius 1 is 1.19 bits per heavy atom. The number of benzene rings is 1. The van der Waals surface area contributed by atoms with Crippen molar-refractivity contribution in [2.45, 2.75) is 13.5 Å². The summed E-state index contributed by atoms with van der Waals surface area (Å²) in [5, 5.41) is 26.0. The Labute approximate surface area is 179 Å². The van der Waals surface area contributed by atoms with E-state index in [-0.39, 0.29) is 33.4 Å². The Bertz CT molecular complexity index is 1490. The molecule has 0 fully saturated rings. The summed E-state index contributed by atoms with van der Waals surface area (Å²) in [7, 11) is 1.67. The number of amides is 1. The van der Waals surface area contributed by atoms with Crippen molar-refractivity contribution in [3.63, 3.8) is 0 Å². The van der Waals surface area contributed by atoms with Crippen molar-refractivity contribution < 1.29 is 23.8 Å². The van der Waals surface area contributed by atoms with Crippen LogP contribution in [0.25, 0.3) is 22.4 Å². The first-order valence-corrected chi connectivity index (χ1v) is 9.47. The van der Waals surface area contributed by atoms with Crippen molar-refractivity contribution >= 4 is 22.9 Å². The van der Waals surface area contributed by atoms with Crippen molar-refractivity contribution in [1.82, 2.24) is 14.2 Å². The lowest BCUT2D eigenvalue weighted by Crippen LogP contribution is -2.16. The molecule has 3 heterocycles. The molecule has 0 spiro atoms. The van der Waals surface area contributed by atoms with Gasteiger partial charge in [-0.1, -0.05) is 0 Å². The molecule has 0 saturated heterocycles. The summed E-state index contributed by atoms with van der Waals surface area (Å²) in [4.78, 5) is 24.8. The highest BCUT2D eigenvalue weighted by atomic mass is 19.1. The van der Waals surface area contributed by atoms with E-state index in [1.807, 2.05) is 0 Å². The number of nitrogens with one attached hydrogen (secondary N) is 1. The van der Waals surface area contributed by atoms with Gasteiger partial charge in [0.2, 0.25) is 5.43 Å². The quantitative estimate of drug-likeness (QED) is 0.451. The predicted octanol–water partition coefficient (Wildman–Crippen LogP) is 2.13. The summed E-state index contributed by atoms with van der Waals surface area (Å²) >= 11 is 0. The van der Waals surface area contributed by atoms with E-state index < -0.39 is 29.6 Å². The third-order valence-electron chi connectivity index (χ3n) is 5.02. The van der Waals surface area contributed by atoms with Gasteiger partial charge in [-0.05, 0) is 30.7 Å². The van der Waals surface area contributed by atoms with Crippen LogP contribution in [0, 0.1) is 11.6 Å². The van der Waals surface area contributed by atoms with Gasteiger partial charge in [0.15, 0.2) is 11.6 Å². The second kappa shape index (κ2) is 7.89. The molecule has 3 N–H and O–H groups in total. The van der Waals surface area contributed by atoms with Gasteiger partial charge in [0.1, 0.15) is 5.76 Å². The molecule has 0 unspecified atom stereocenters. The average molecular weight is 440 g/mol. The molecule has 0 atom stereocenters. The summed E-state index contributed by atoms with van der Waals surface area (Å²) in [5.41, 5.74) is -0.220. The monoisotopic (exact) mass is 440 g/mol. The fourth-order valence-electron chi connectivity index (χ4n) is 3.48. The van der Waals surface area contributed by atoms with Gasteiger partial charge >= 0.3 is 0 Å². The van der Waals surface area contributed by atoms with Gasteiger partial charge in [0.25, 0.3) is 5.91 Å². The number of hydrogen-bond acceptors (Lipinski definition) is 5. The molecule has 4 rings (SSSR count). The van der Waals surface area contributed by atoms with Gasteiger partial charge in [-0.3, -0.25) is 14.3 Å². The Morgan fingerprint density at radius 2 is 1.94 bits per heavy atom. The van der Waals surface area contributed by atoms with E-state index in [1.165, 1.54) is 40.4 Å². The Kier molecular flexibility index (Phi) is 5.23. The number of anilines is 1. The average Bonchev–Trinajstić information content (AvgIpc) is 3.33. The number of carbonyl (C=O) groups excluding carboxylic acids is 1. The van der Waals surface area contributed by atoms with Crippen LogP contribution in [-0.4, -0.2) is 30.3 Å². The van der Waals surface area contributed by atoms with Crippen LogP contribution in [0.1, 0.15) is 22.8 Å². The molecule has 0 aliphatic heterocycles. The maximum absolute atomic E-state index is 15.2. The summed E-state index contributed by atoms with van der Waals surface area (Å²) in [6, 6.07) is 4.94. The number of pyridine rings is 1. The zero-order valence-electron chi connectivity index (χ0n) is 17.1. The predicted molar refractivity (Wildman–Crippen MR) is 113 cm³/mol.